The Morgan fingerprint density at radius 1 is 1.55 bits per heavy atom. The summed E-state index contributed by atoms with van der Waals surface area (Å²) in [6.45, 7) is 2.64. The fourth-order valence-corrected chi connectivity index (χ4v) is 3.47. The van der Waals surface area contributed by atoms with Gasteiger partial charge in [0.2, 0.25) is 0 Å². The van der Waals surface area contributed by atoms with Crippen molar-refractivity contribution >= 4 is 29.0 Å². The van der Waals surface area contributed by atoms with E-state index in [4.69, 9.17) is 11.6 Å². The molecular formula is C12H14ClN5OS. The number of aryl methyl sites for hydroxylation is 2. The molecule has 0 unspecified atom stereocenters. The summed E-state index contributed by atoms with van der Waals surface area (Å²) in [6, 6.07) is -0.0228. The highest BCUT2D eigenvalue weighted by molar-refractivity contribution is 7.03. The van der Waals surface area contributed by atoms with Crippen molar-refractivity contribution in [2.45, 2.75) is 25.8 Å². The largest absolute Gasteiger partial charge is 0.330 e. The van der Waals surface area contributed by atoms with E-state index in [2.05, 4.69) is 14.7 Å². The molecule has 0 spiro atoms. The fraction of sp³-hybridized carbons (Fsp3) is 0.500. The minimum atomic E-state index is -0.0828. The maximum absolute atomic E-state index is 12.5. The van der Waals surface area contributed by atoms with Gasteiger partial charge in [-0.3, -0.25) is 9.48 Å². The summed E-state index contributed by atoms with van der Waals surface area (Å²) in [6.07, 6.45) is 1.86. The van der Waals surface area contributed by atoms with E-state index in [9.17, 15) is 4.79 Å². The second-order valence-electron chi connectivity index (χ2n) is 4.86. The van der Waals surface area contributed by atoms with Crippen molar-refractivity contribution in [3.8, 4) is 0 Å². The van der Waals surface area contributed by atoms with Crippen LogP contribution >= 0.6 is 23.1 Å². The second kappa shape index (κ2) is 5.14. The van der Waals surface area contributed by atoms with Gasteiger partial charge in [0, 0.05) is 24.5 Å². The van der Waals surface area contributed by atoms with Crippen molar-refractivity contribution in [2.24, 2.45) is 7.05 Å². The van der Waals surface area contributed by atoms with Crippen LogP contribution in [0.3, 0.4) is 0 Å². The molecule has 1 atom stereocenters. The Kier molecular flexibility index (Phi) is 3.47. The standard InChI is InChI=1S/C12H14ClN5OS/c1-7-10(11(13)17(2)15-7)9-4-3-5-18(9)12(19)8-6-20-16-14-8/h6,9H,3-5H2,1-2H3/t9-/m0/s1. The lowest BCUT2D eigenvalue weighted by molar-refractivity contribution is 0.0729. The summed E-state index contributed by atoms with van der Waals surface area (Å²) in [4.78, 5) is 14.3. The molecular weight excluding hydrogens is 298 g/mol. The number of carbonyl (C=O) groups excluding carboxylic acids is 1. The maximum Gasteiger partial charge on any atom is 0.275 e. The Labute approximate surface area is 125 Å². The fourth-order valence-electron chi connectivity index (χ4n) is 2.74. The molecule has 1 aliphatic heterocycles. The van der Waals surface area contributed by atoms with E-state index in [1.165, 1.54) is 11.5 Å². The van der Waals surface area contributed by atoms with Crippen LogP contribution in [0.1, 0.15) is 40.6 Å². The van der Waals surface area contributed by atoms with Crippen LogP contribution in [0.25, 0.3) is 0 Å². The third kappa shape index (κ3) is 2.10. The van der Waals surface area contributed by atoms with E-state index in [0.29, 0.717) is 17.4 Å². The lowest BCUT2D eigenvalue weighted by atomic mass is 10.1. The molecule has 106 valence electrons. The Morgan fingerprint density at radius 2 is 2.35 bits per heavy atom. The summed E-state index contributed by atoms with van der Waals surface area (Å²) in [5.41, 5.74) is 2.22. The first-order valence-electron chi connectivity index (χ1n) is 6.36. The molecule has 1 fully saturated rings. The SMILES string of the molecule is Cc1nn(C)c(Cl)c1[C@@H]1CCCN1C(=O)c1csnn1. The van der Waals surface area contributed by atoms with Crippen LogP contribution in [0.5, 0.6) is 0 Å². The molecule has 0 saturated carbocycles. The van der Waals surface area contributed by atoms with Crippen molar-refractivity contribution in [1.82, 2.24) is 24.3 Å². The van der Waals surface area contributed by atoms with Gasteiger partial charge in [0.15, 0.2) is 5.69 Å². The van der Waals surface area contributed by atoms with Gasteiger partial charge in [-0.1, -0.05) is 16.1 Å². The molecule has 0 N–H and O–H groups in total. The van der Waals surface area contributed by atoms with Crippen molar-refractivity contribution in [3.63, 3.8) is 0 Å². The lowest BCUT2D eigenvalue weighted by Crippen LogP contribution is -2.31. The van der Waals surface area contributed by atoms with E-state index in [1.807, 2.05) is 18.9 Å². The first kappa shape index (κ1) is 13.5. The first-order valence-corrected chi connectivity index (χ1v) is 7.58. The average molecular weight is 312 g/mol. The Bertz CT molecular complexity index is 639. The molecule has 3 rings (SSSR count). The van der Waals surface area contributed by atoms with Gasteiger partial charge < -0.3 is 4.90 Å². The molecule has 0 radical (unpaired) electrons. The van der Waals surface area contributed by atoms with Crippen molar-refractivity contribution in [1.29, 1.82) is 0 Å². The maximum atomic E-state index is 12.5. The molecule has 0 aromatic carbocycles. The van der Waals surface area contributed by atoms with Gasteiger partial charge in [0.1, 0.15) is 5.15 Å². The number of halogens is 1. The number of carbonyl (C=O) groups is 1. The molecule has 20 heavy (non-hydrogen) atoms. The van der Waals surface area contributed by atoms with E-state index in [0.717, 1.165) is 24.1 Å². The summed E-state index contributed by atoms with van der Waals surface area (Å²) >= 11 is 7.51. The van der Waals surface area contributed by atoms with Crippen LogP contribution in [-0.2, 0) is 7.05 Å². The van der Waals surface area contributed by atoms with Crippen molar-refractivity contribution in [3.05, 3.63) is 27.5 Å². The highest BCUT2D eigenvalue weighted by atomic mass is 35.5. The lowest BCUT2D eigenvalue weighted by Gasteiger charge is -2.24. The van der Waals surface area contributed by atoms with Crippen LogP contribution in [0.15, 0.2) is 5.38 Å². The highest BCUT2D eigenvalue weighted by Gasteiger charge is 2.35. The topological polar surface area (TPSA) is 63.9 Å². The van der Waals surface area contributed by atoms with Crippen LogP contribution in [0, 0.1) is 6.92 Å². The molecule has 0 bridgehead atoms. The monoisotopic (exact) mass is 311 g/mol. The molecule has 1 amide bonds. The van der Waals surface area contributed by atoms with Gasteiger partial charge >= 0.3 is 0 Å². The van der Waals surface area contributed by atoms with Gasteiger partial charge in [-0.2, -0.15) is 5.10 Å². The Hall–Kier alpha value is -1.47. The quantitative estimate of drug-likeness (QED) is 0.853. The van der Waals surface area contributed by atoms with Crippen LogP contribution in [0.4, 0.5) is 0 Å². The van der Waals surface area contributed by atoms with E-state index >= 15 is 0 Å². The number of aromatic nitrogens is 4. The summed E-state index contributed by atoms with van der Waals surface area (Å²) in [7, 11) is 1.81. The van der Waals surface area contributed by atoms with Gasteiger partial charge in [-0.05, 0) is 31.3 Å². The summed E-state index contributed by atoms with van der Waals surface area (Å²) < 4.78 is 5.40. The van der Waals surface area contributed by atoms with Crippen LogP contribution in [-0.4, -0.2) is 36.7 Å². The van der Waals surface area contributed by atoms with Gasteiger partial charge in [-0.25, -0.2) is 0 Å². The third-order valence-corrected chi connectivity index (χ3v) is 4.58. The molecule has 2 aromatic rings. The summed E-state index contributed by atoms with van der Waals surface area (Å²) in [5.74, 6) is -0.0828. The van der Waals surface area contributed by atoms with Crippen LogP contribution in [0.2, 0.25) is 5.15 Å². The minimum Gasteiger partial charge on any atom is -0.330 e. The number of hydrogen-bond acceptors (Lipinski definition) is 5. The van der Waals surface area contributed by atoms with Gasteiger partial charge in [0.05, 0.1) is 11.7 Å². The molecule has 1 saturated heterocycles. The Balaban J connectivity index is 1.95. The molecule has 0 aliphatic carbocycles. The predicted octanol–water partition coefficient (Wildman–Crippen LogP) is 2.21. The molecule has 2 aromatic heterocycles. The molecule has 8 heteroatoms. The second-order valence-corrected chi connectivity index (χ2v) is 5.83. The van der Waals surface area contributed by atoms with Crippen molar-refractivity contribution < 1.29 is 4.79 Å². The minimum absolute atomic E-state index is 0.0228. The highest BCUT2D eigenvalue weighted by Crippen LogP contribution is 2.38. The first-order chi connectivity index (χ1) is 9.59. The number of nitrogens with zero attached hydrogens (tertiary/aromatic N) is 5. The van der Waals surface area contributed by atoms with E-state index in [-0.39, 0.29) is 11.9 Å². The zero-order valence-corrected chi connectivity index (χ0v) is 12.8. The number of amides is 1. The zero-order valence-electron chi connectivity index (χ0n) is 11.2. The Morgan fingerprint density at radius 3 is 2.95 bits per heavy atom. The van der Waals surface area contributed by atoms with E-state index < -0.39 is 0 Å². The number of likely N-dealkylation sites (tertiary alicyclic amines) is 1. The third-order valence-electron chi connectivity index (χ3n) is 3.62. The average Bonchev–Trinajstić information content (AvgIpc) is 3.12. The molecule has 6 nitrogen and oxygen atoms in total. The predicted molar refractivity (Wildman–Crippen MR) is 75.9 cm³/mol. The normalized spacial score (nSPS) is 18.8. The van der Waals surface area contributed by atoms with E-state index in [1.54, 1.807) is 10.1 Å². The number of rotatable bonds is 2. The van der Waals surface area contributed by atoms with Gasteiger partial charge in [-0.15, -0.1) is 5.10 Å². The van der Waals surface area contributed by atoms with Gasteiger partial charge in [0.25, 0.3) is 5.91 Å². The van der Waals surface area contributed by atoms with Crippen LogP contribution < -0.4 is 0 Å². The molecule has 3 heterocycles. The number of hydrogen-bond donors (Lipinski definition) is 0. The summed E-state index contributed by atoms with van der Waals surface area (Å²) in [5, 5.41) is 10.5. The van der Waals surface area contributed by atoms with Crippen molar-refractivity contribution in [2.75, 3.05) is 6.54 Å². The zero-order chi connectivity index (χ0) is 14.3. The molecule has 1 aliphatic rings. The smallest absolute Gasteiger partial charge is 0.275 e.